The SMILES string of the molecule is COc1ccccc1Nc1cc(NN=Cc2ccc(C=CC(=O)O)cc2)nc(NN=Cc2ccc(C=CC(=O)O)cc2)n1. The van der Waals surface area contributed by atoms with Gasteiger partial charge in [-0.1, -0.05) is 60.7 Å². The molecule has 0 fully saturated rings. The molecule has 3 aromatic carbocycles. The summed E-state index contributed by atoms with van der Waals surface area (Å²) >= 11 is 0. The maximum absolute atomic E-state index is 10.7. The normalized spacial score (nSPS) is 11.4. The number of rotatable bonds is 13. The van der Waals surface area contributed by atoms with Gasteiger partial charge >= 0.3 is 11.9 Å². The van der Waals surface area contributed by atoms with E-state index < -0.39 is 11.9 Å². The van der Waals surface area contributed by atoms with Crippen LogP contribution in [0.4, 0.5) is 23.3 Å². The Hall–Kier alpha value is -6.30. The van der Waals surface area contributed by atoms with Crippen molar-refractivity contribution in [2.75, 3.05) is 23.3 Å². The number of benzene rings is 3. The number of ether oxygens (including phenoxy) is 1. The van der Waals surface area contributed by atoms with Gasteiger partial charge in [0.05, 0.1) is 25.2 Å². The molecular formula is C31H27N7O5. The van der Waals surface area contributed by atoms with E-state index in [1.807, 2.05) is 24.3 Å². The number of hydrazone groups is 2. The molecule has 0 unspecified atom stereocenters. The number of para-hydroxylation sites is 2. The number of aliphatic carboxylic acids is 2. The highest BCUT2D eigenvalue weighted by Crippen LogP contribution is 2.27. The van der Waals surface area contributed by atoms with Crippen LogP contribution in [-0.4, -0.2) is 51.7 Å². The second kappa shape index (κ2) is 14.9. The fraction of sp³-hybridized carbons (Fsp3) is 0.0323. The monoisotopic (exact) mass is 577 g/mol. The molecule has 0 radical (unpaired) electrons. The van der Waals surface area contributed by atoms with Crippen molar-refractivity contribution in [1.82, 2.24) is 9.97 Å². The zero-order valence-corrected chi connectivity index (χ0v) is 22.9. The molecule has 4 aromatic rings. The number of aromatic nitrogens is 2. The second-order valence-electron chi connectivity index (χ2n) is 8.70. The molecule has 0 aliphatic carbocycles. The molecule has 0 bridgehead atoms. The molecule has 43 heavy (non-hydrogen) atoms. The zero-order valence-electron chi connectivity index (χ0n) is 22.9. The fourth-order valence-corrected chi connectivity index (χ4v) is 3.56. The first-order valence-electron chi connectivity index (χ1n) is 12.8. The molecule has 0 aliphatic heterocycles. The van der Waals surface area contributed by atoms with E-state index in [9.17, 15) is 9.59 Å². The number of carboxylic acids is 2. The first-order valence-corrected chi connectivity index (χ1v) is 12.8. The topological polar surface area (TPSA) is 170 Å². The molecule has 12 heteroatoms. The van der Waals surface area contributed by atoms with Crippen LogP contribution in [0, 0.1) is 0 Å². The van der Waals surface area contributed by atoms with E-state index in [4.69, 9.17) is 14.9 Å². The van der Waals surface area contributed by atoms with Gasteiger partial charge < -0.3 is 20.3 Å². The van der Waals surface area contributed by atoms with Gasteiger partial charge in [-0.2, -0.15) is 20.2 Å². The third kappa shape index (κ3) is 9.69. The van der Waals surface area contributed by atoms with Crippen LogP contribution in [0.25, 0.3) is 12.2 Å². The van der Waals surface area contributed by atoms with Crippen molar-refractivity contribution in [3.8, 4) is 5.75 Å². The molecule has 216 valence electrons. The van der Waals surface area contributed by atoms with Gasteiger partial charge in [0.15, 0.2) is 5.82 Å². The standard InChI is InChI=1S/C31H27N7O5/c1-43-26-5-3-2-4-25(26)34-27-18-28(37-32-19-23-10-6-21(7-11-23)14-16-29(39)40)36-31(35-27)38-33-20-24-12-8-22(9-13-24)15-17-30(41)42/h2-20H,1H3,(H,39,40)(H,41,42)(H3,34,35,36,37,38). The highest BCUT2D eigenvalue weighted by atomic mass is 16.5. The molecule has 12 nitrogen and oxygen atoms in total. The lowest BCUT2D eigenvalue weighted by atomic mass is 10.1. The summed E-state index contributed by atoms with van der Waals surface area (Å²) in [7, 11) is 1.58. The number of carbonyl (C=O) groups is 2. The van der Waals surface area contributed by atoms with E-state index in [2.05, 4.69) is 36.3 Å². The van der Waals surface area contributed by atoms with Crippen LogP contribution < -0.4 is 20.9 Å². The molecule has 0 saturated carbocycles. The number of hydrogen-bond donors (Lipinski definition) is 5. The van der Waals surface area contributed by atoms with Gasteiger partial charge in [-0.15, -0.1) is 0 Å². The highest BCUT2D eigenvalue weighted by molar-refractivity contribution is 5.86. The molecule has 0 atom stereocenters. The van der Waals surface area contributed by atoms with Crippen molar-refractivity contribution < 1.29 is 24.5 Å². The summed E-state index contributed by atoms with van der Waals surface area (Å²) in [5.74, 6) is -0.400. The summed E-state index contributed by atoms with van der Waals surface area (Å²) in [6.07, 6.45) is 8.33. The summed E-state index contributed by atoms with van der Waals surface area (Å²) < 4.78 is 5.43. The Balaban J connectivity index is 1.50. The molecule has 5 N–H and O–H groups in total. The molecular weight excluding hydrogens is 550 g/mol. The minimum atomic E-state index is -1.02. The Morgan fingerprint density at radius 3 is 1.79 bits per heavy atom. The van der Waals surface area contributed by atoms with Gasteiger partial charge in [0, 0.05) is 18.2 Å². The molecule has 0 spiro atoms. The van der Waals surface area contributed by atoms with Gasteiger partial charge in [0.1, 0.15) is 11.6 Å². The van der Waals surface area contributed by atoms with Crippen molar-refractivity contribution >= 4 is 59.8 Å². The van der Waals surface area contributed by atoms with Crippen molar-refractivity contribution in [1.29, 1.82) is 0 Å². The Kier molecular flexibility index (Phi) is 10.3. The van der Waals surface area contributed by atoms with Crippen LogP contribution in [0.1, 0.15) is 22.3 Å². The smallest absolute Gasteiger partial charge is 0.328 e. The molecule has 4 rings (SSSR count). The average Bonchev–Trinajstić information content (AvgIpc) is 3.00. The van der Waals surface area contributed by atoms with Crippen molar-refractivity contribution in [3.63, 3.8) is 0 Å². The molecule has 0 aliphatic rings. The summed E-state index contributed by atoms with van der Waals surface area (Å²) in [6.45, 7) is 0. The molecule has 0 amide bonds. The maximum Gasteiger partial charge on any atom is 0.328 e. The summed E-state index contributed by atoms with van der Waals surface area (Å²) in [6, 6.07) is 23.4. The van der Waals surface area contributed by atoms with E-state index in [1.54, 1.807) is 74.1 Å². The third-order valence-corrected chi connectivity index (χ3v) is 5.58. The van der Waals surface area contributed by atoms with E-state index in [0.29, 0.717) is 23.1 Å². The maximum atomic E-state index is 10.7. The van der Waals surface area contributed by atoms with Gasteiger partial charge in [-0.05, 0) is 46.5 Å². The van der Waals surface area contributed by atoms with Crippen LogP contribution in [-0.2, 0) is 9.59 Å². The minimum Gasteiger partial charge on any atom is -0.495 e. The lowest BCUT2D eigenvalue weighted by Gasteiger charge is -2.12. The number of nitrogens with one attached hydrogen (secondary N) is 3. The van der Waals surface area contributed by atoms with Crippen LogP contribution in [0.3, 0.4) is 0 Å². The molecule has 1 aromatic heterocycles. The predicted octanol–water partition coefficient (Wildman–Crippen LogP) is 5.32. The molecule has 1 heterocycles. The Bertz CT molecular complexity index is 1580. The van der Waals surface area contributed by atoms with Crippen molar-refractivity contribution in [2.45, 2.75) is 0 Å². The first-order chi connectivity index (χ1) is 20.9. The quantitative estimate of drug-likeness (QED) is 0.0796. The predicted molar refractivity (Wildman–Crippen MR) is 167 cm³/mol. The minimum absolute atomic E-state index is 0.185. The van der Waals surface area contributed by atoms with Crippen LogP contribution >= 0.6 is 0 Å². The van der Waals surface area contributed by atoms with Gasteiger partial charge in [0.2, 0.25) is 5.95 Å². The van der Waals surface area contributed by atoms with E-state index >= 15 is 0 Å². The lowest BCUT2D eigenvalue weighted by Crippen LogP contribution is -2.04. The number of hydrogen-bond acceptors (Lipinski definition) is 10. The fourth-order valence-electron chi connectivity index (χ4n) is 3.56. The Morgan fingerprint density at radius 2 is 1.23 bits per heavy atom. The van der Waals surface area contributed by atoms with Gasteiger partial charge in [-0.25, -0.2) is 15.0 Å². The first kappa shape index (κ1) is 29.7. The van der Waals surface area contributed by atoms with Crippen LogP contribution in [0.15, 0.2) is 101 Å². The van der Waals surface area contributed by atoms with Crippen molar-refractivity contribution in [2.24, 2.45) is 10.2 Å². The number of nitrogens with zero attached hydrogens (tertiary/aromatic N) is 4. The second-order valence-corrected chi connectivity index (χ2v) is 8.70. The summed E-state index contributed by atoms with van der Waals surface area (Å²) in [5, 5.41) is 29.3. The van der Waals surface area contributed by atoms with Gasteiger partial charge in [0.25, 0.3) is 0 Å². The third-order valence-electron chi connectivity index (χ3n) is 5.58. The number of carboxylic acid groups (broad SMARTS) is 2. The summed E-state index contributed by atoms with van der Waals surface area (Å²) in [5.41, 5.74) is 9.46. The van der Waals surface area contributed by atoms with Crippen molar-refractivity contribution in [3.05, 3.63) is 113 Å². The van der Waals surface area contributed by atoms with Crippen LogP contribution in [0.5, 0.6) is 5.75 Å². The molecule has 0 saturated heterocycles. The van der Waals surface area contributed by atoms with Gasteiger partial charge in [-0.3, -0.25) is 5.43 Å². The van der Waals surface area contributed by atoms with E-state index in [0.717, 1.165) is 34.4 Å². The lowest BCUT2D eigenvalue weighted by molar-refractivity contribution is -0.132. The number of anilines is 4. The Morgan fingerprint density at radius 1 is 0.721 bits per heavy atom. The Labute approximate surface area is 246 Å². The largest absolute Gasteiger partial charge is 0.495 e. The highest BCUT2D eigenvalue weighted by Gasteiger charge is 2.08. The van der Waals surface area contributed by atoms with E-state index in [1.165, 1.54) is 12.2 Å². The zero-order chi connectivity index (χ0) is 30.4. The van der Waals surface area contributed by atoms with Crippen LogP contribution in [0.2, 0.25) is 0 Å². The number of methoxy groups -OCH3 is 1. The average molecular weight is 578 g/mol. The summed E-state index contributed by atoms with van der Waals surface area (Å²) in [4.78, 5) is 30.3. The van der Waals surface area contributed by atoms with E-state index in [-0.39, 0.29) is 5.95 Å².